The van der Waals surface area contributed by atoms with Crippen LogP contribution in [0.3, 0.4) is 0 Å². The van der Waals surface area contributed by atoms with Gasteiger partial charge in [-0.25, -0.2) is 0 Å². The van der Waals surface area contributed by atoms with Gasteiger partial charge in [-0.15, -0.1) is 0 Å². The van der Waals surface area contributed by atoms with Gasteiger partial charge < -0.3 is 9.32 Å². The van der Waals surface area contributed by atoms with Gasteiger partial charge in [-0.3, -0.25) is 0 Å². The minimum atomic E-state index is 0.880. The molecule has 208 valence electrons. The van der Waals surface area contributed by atoms with Crippen molar-refractivity contribution in [1.29, 1.82) is 0 Å². The second-order valence-corrected chi connectivity index (χ2v) is 11.0. The standard InChI is InChI=1S/C42H29NO/c1-4-12-30(13-5-1)32-20-24-35(25-21-32)43(36-26-22-33(23-27-36)31-14-6-2-7-15-31)39-29-28-37(34-16-8-3-9-17-34)42-41(39)38-18-10-11-19-40(38)44-42/h1-29H. The molecule has 0 aliphatic rings. The number of nitrogens with zero attached hydrogens (tertiary/aromatic N) is 1. The Morgan fingerprint density at radius 2 is 0.818 bits per heavy atom. The van der Waals surface area contributed by atoms with Crippen LogP contribution < -0.4 is 4.90 Å². The van der Waals surface area contributed by atoms with Crippen LogP contribution in [0.2, 0.25) is 0 Å². The highest BCUT2D eigenvalue weighted by Gasteiger charge is 2.22. The molecule has 2 heteroatoms. The molecule has 1 aromatic heterocycles. The van der Waals surface area contributed by atoms with Crippen molar-refractivity contribution in [3.63, 3.8) is 0 Å². The van der Waals surface area contributed by atoms with Gasteiger partial charge in [0.05, 0.1) is 11.1 Å². The number of anilines is 3. The van der Waals surface area contributed by atoms with Gasteiger partial charge in [0.1, 0.15) is 11.2 Å². The molecule has 0 saturated heterocycles. The molecule has 0 amide bonds. The van der Waals surface area contributed by atoms with Gasteiger partial charge in [-0.2, -0.15) is 0 Å². The first-order valence-electron chi connectivity index (χ1n) is 14.9. The fourth-order valence-electron chi connectivity index (χ4n) is 6.14. The molecule has 44 heavy (non-hydrogen) atoms. The summed E-state index contributed by atoms with van der Waals surface area (Å²) >= 11 is 0. The van der Waals surface area contributed by atoms with Crippen LogP contribution >= 0.6 is 0 Å². The molecule has 8 aromatic rings. The van der Waals surface area contributed by atoms with E-state index in [1.54, 1.807) is 0 Å². The SMILES string of the molecule is c1ccc(-c2ccc(N(c3ccc(-c4ccccc4)cc3)c3ccc(-c4ccccc4)c4oc5ccccc5c34)cc2)cc1. The number of para-hydroxylation sites is 1. The van der Waals surface area contributed by atoms with E-state index in [1.807, 2.05) is 12.1 Å². The van der Waals surface area contributed by atoms with Gasteiger partial charge in [0.15, 0.2) is 0 Å². The minimum absolute atomic E-state index is 0.880. The van der Waals surface area contributed by atoms with Crippen molar-refractivity contribution < 1.29 is 4.42 Å². The highest BCUT2D eigenvalue weighted by molar-refractivity contribution is 6.17. The summed E-state index contributed by atoms with van der Waals surface area (Å²) in [6.45, 7) is 0. The predicted octanol–water partition coefficient (Wildman–Crippen LogP) is 12.1. The van der Waals surface area contributed by atoms with E-state index in [-0.39, 0.29) is 0 Å². The molecule has 2 nitrogen and oxygen atoms in total. The zero-order valence-corrected chi connectivity index (χ0v) is 24.1. The van der Waals surface area contributed by atoms with Crippen molar-refractivity contribution in [3.05, 3.63) is 176 Å². The van der Waals surface area contributed by atoms with E-state index in [2.05, 4.69) is 169 Å². The molecule has 0 aliphatic heterocycles. The number of furan rings is 1. The van der Waals surface area contributed by atoms with Gasteiger partial charge in [0.25, 0.3) is 0 Å². The maximum Gasteiger partial charge on any atom is 0.145 e. The molecule has 0 radical (unpaired) electrons. The van der Waals surface area contributed by atoms with Crippen LogP contribution in [0, 0.1) is 0 Å². The molecule has 7 aromatic carbocycles. The predicted molar refractivity (Wildman–Crippen MR) is 185 cm³/mol. The lowest BCUT2D eigenvalue weighted by atomic mass is 9.99. The Kier molecular flexibility index (Phi) is 6.51. The summed E-state index contributed by atoms with van der Waals surface area (Å²) in [6, 6.07) is 62.0. The Hall–Kier alpha value is -5.86. The number of fused-ring (bicyclic) bond motifs is 3. The Labute approximate surface area is 257 Å². The van der Waals surface area contributed by atoms with E-state index >= 15 is 0 Å². The van der Waals surface area contributed by atoms with Crippen molar-refractivity contribution >= 4 is 39.0 Å². The molecule has 1 heterocycles. The largest absolute Gasteiger partial charge is 0.455 e. The maximum atomic E-state index is 6.63. The third kappa shape index (κ3) is 4.63. The molecule has 0 spiro atoms. The smallest absolute Gasteiger partial charge is 0.145 e. The fourth-order valence-corrected chi connectivity index (χ4v) is 6.14. The minimum Gasteiger partial charge on any atom is -0.455 e. The van der Waals surface area contributed by atoms with Crippen LogP contribution in [0.25, 0.3) is 55.3 Å². The summed E-state index contributed by atoms with van der Waals surface area (Å²) in [6.07, 6.45) is 0. The second kappa shape index (κ2) is 11.1. The van der Waals surface area contributed by atoms with Crippen molar-refractivity contribution in [1.82, 2.24) is 0 Å². The number of hydrogen-bond donors (Lipinski definition) is 0. The molecular weight excluding hydrogens is 534 g/mol. The van der Waals surface area contributed by atoms with E-state index in [1.165, 1.54) is 22.3 Å². The van der Waals surface area contributed by atoms with Gasteiger partial charge in [0.2, 0.25) is 0 Å². The van der Waals surface area contributed by atoms with Crippen LogP contribution in [0.1, 0.15) is 0 Å². The fraction of sp³-hybridized carbons (Fsp3) is 0. The van der Waals surface area contributed by atoms with Gasteiger partial charge in [-0.1, -0.05) is 133 Å². The average Bonchev–Trinajstić information content (AvgIpc) is 3.50. The molecule has 0 aliphatic carbocycles. The molecule has 0 fully saturated rings. The zero-order valence-electron chi connectivity index (χ0n) is 24.1. The summed E-state index contributed by atoms with van der Waals surface area (Å²) in [4.78, 5) is 2.35. The summed E-state index contributed by atoms with van der Waals surface area (Å²) in [5.74, 6) is 0. The molecular formula is C42H29NO. The Morgan fingerprint density at radius 3 is 1.36 bits per heavy atom. The maximum absolute atomic E-state index is 6.63. The Balaban J connectivity index is 1.34. The van der Waals surface area contributed by atoms with Crippen LogP contribution in [0.15, 0.2) is 180 Å². The van der Waals surface area contributed by atoms with E-state index in [0.717, 1.165) is 50.1 Å². The highest BCUT2D eigenvalue weighted by atomic mass is 16.3. The van der Waals surface area contributed by atoms with E-state index in [9.17, 15) is 0 Å². The number of rotatable bonds is 6. The summed E-state index contributed by atoms with van der Waals surface area (Å²) in [5, 5.41) is 2.20. The lowest BCUT2D eigenvalue weighted by Gasteiger charge is -2.27. The van der Waals surface area contributed by atoms with E-state index in [4.69, 9.17) is 4.42 Å². The van der Waals surface area contributed by atoms with Crippen molar-refractivity contribution in [2.24, 2.45) is 0 Å². The van der Waals surface area contributed by atoms with Gasteiger partial charge in [-0.05, 0) is 70.3 Å². The van der Waals surface area contributed by atoms with Crippen molar-refractivity contribution in [2.75, 3.05) is 4.90 Å². The Morgan fingerprint density at radius 1 is 0.364 bits per heavy atom. The quantitative estimate of drug-likeness (QED) is 0.200. The van der Waals surface area contributed by atoms with Crippen molar-refractivity contribution in [3.8, 4) is 33.4 Å². The van der Waals surface area contributed by atoms with Gasteiger partial charge in [0, 0.05) is 22.3 Å². The average molecular weight is 564 g/mol. The lowest BCUT2D eigenvalue weighted by Crippen LogP contribution is -2.10. The van der Waals surface area contributed by atoms with E-state index < -0.39 is 0 Å². The van der Waals surface area contributed by atoms with E-state index in [0.29, 0.717) is 0 Å². The number of hydrogen-bond acceptors (Lipinski definition) is 2. The summed E-state index contributed by atoms with van der Waals surface area (Å²) < 4.78 is 6.63. The van der Waals surface area contributed by atoms with Crippen LogP contribution in [-0.4, -0.2) is 0 Å². The molecule has 0 atom stereocenters. The van der Waals surface area contributed by atoms with Crippen molar-refractivity contribution in [2.45, 2.75) is 0 Å². The Bertz CT molecular complexity index is 2100. The summed E-state index contributed by atoms with van der Waals surface area (Å²) in [7, 11) is 0. The second-order valence-electron chi connectivity index (χ2n) is 11.0. The number of benzene rings is 7. The third-order valence-electron chi connectivity index (χ3n) is 8.30. The molecule has 0 bridgehead atoms. The molecule has 0 saturated carbocycles. The molecule has 8 rings (SSSR count). The first kappa shape index (κ1) is 25.8. The van der Waals surface area contributed by atoms with Gasteiger partial charge >= 0.3 is 0 Å². The molecule has 0 N–H and O–H groups in total. The lowest BCUT2D eigenvalue weighted by molar-refractivity contribution is 0.670. The monoisotopic (exact) mass is 563 g/mol. The van der Waals surface area contributed by atoms with Crippen LogP contribution in [0.4, 0.5) is 17.1 Å². The van der Waals surface area contributed by atoms with Crippen LogP contribution in [-0.2, 0) is 0 Å². The highest BCUT2D eigenvalue weighted by Crippen LogP contribution is 2.46. The first-order valence-corrected chi connectivity index (χ1v) is 14.9. The third-order valence-corrected chi connectivity index (χ3v) is 8.30. The normalized spacial score (nSPS) is 11.2. The zero-order chi connectivity index (χ0) is 29.3. The summed E-state index contributed by atoms with van der Waals surface area (Å²) in [5.41, 5.74) is 12.0. The topological polar surface area (TPSA) is 16.4 Å². The molecule has 0 unspecified atom stereocenters. The van der Waals surface area contributed by atoms with Crippen LogP contribution in [0.5, 0.6) is 0 Å². The first-order chi connectivity index (χ1) is 21.8.